The lowest BCUT2D eigenvalue weighted by Gasteiger charge is -2.22. The Balaban J connectivity index is 2.55. The summed E-state index contributed by atoms with van der Waals surface area (Å²) in [5, 5.41) is 2.65. The van der Waals surface area contributed by atoms with Crippen molar-refractivity contribution in [3.63, 3.8) is 0 Å². The highest BCUT2D eigenvalue weighted by atomic mass is 16.6. The smallest absolute Gasteiger partial charge is 0.408 e. The lowest BCUT2D eigenvalue weighted by Crippen LogP contribution is -2.37. The maximum Gasteiger partial charge on any atom is 0.408 e. The number of carbonyl (C=O) groups is 2. The molecule has 1 amide bonds. The normalized spacial score (nSPS) is 12.5. The molecule has 0 aliphatic heterocycles. The minimum Gasteiger partial charge on any atom is -0.464 e. The van der Waals surface area contributed by atoms with Gasteiger partial charge in [-0.2, -0.15) is 0 Å². The first kappa shape index (κ1) is 18.0. The summed E-state index contributed by atoms with van der Waals surface area (Å²) in [6.45, 7) is 7.18. The van der Waals surface area contributed by atoms with Gasteiger partial charge in [-0.05, 0) is 27.7 Å². The summed E-state index contributed by atoms with van der Waals surface area (Å²) in [5.74, 6) is 0.0488. The van der Waals surface area contributed by atoms with Gasteiger partial charge in [0.2, 0.25) is 0 Å². The van der Waals surface area contributed by atoms with Crippen molar-refractivity contribution < 1.29 is 23.8 Å². The molecule has 0 aliphatic carbocycles. The molecule has 0 bridgehead atoms. The molecule has 2 N–H and O–H groups in total. The first-order valence-corrected chi connectivity index (χ1v) is 7.04. The van der Waals surface area contributed by atoms with Crippen molar-refractivity contribution in [1.29, 1.82) is 0 Å². The van der Waals surface area contributed by atoms with Crippen LogP contribution in [-0.4, -0.2) is 47.5 Å². The van der Waals surface area contributed by atoms with E-state index in [1.807, 2.05) is 0 Å². The predicted octanol–water partition coefficient (Wildman–Crippen LogP) is 1.56. The van der Waals surface area contributed by atoms with Crippen molar-refractivity contribution in [2.75, 3.05) is 19.8 Å². The van der Waals surface area contributed by atoms with Crippen LogP contribution in [-0.2, 0) is 19.0 Å². The second-order valence-electron chi connectivity index (χ2n) is 5.49. The van der Waals surface area contributed by atoms with Crippen LogP contribution in [0.25, 0.3) is 0 Å². The zero-order chi connectivity index (χ0) is 16.6. The number of rotatable bonds is 7. The molecule has 124 valence electrons. The Morgan fingerprint density at radius 1 is 1.41 bits per heavy atom. The van der Waals surface area contributed by atoms with Crippen molar-refractivity contribution in [2.45, 2.75) is 39.3 Å². The molecule has 0 aliphatic rings. The summed E-state index contributed by atoms with van der Waals surface area (Å²) in [4.78, 5) is 30.0. The quantitative estimate of drug-likeness (QED) is 0.740. The lowest BCUT2D eigenvalue weighted by atomic mass is 10.2. The molecule has 1 heterocycles. The maximum atomic E-state index is 11.8. The van der Waals surface area contributed by atoms with Gasteiger partial charge in [-0.15, -0.1) is 0 Å². The predicted molar refractivity (Wildman–Crippen MR) is 78.2 cm³/mol. The van der Waals surface area contributed by atoms with E-state index < -0.39 is 23.7 Å². The van der Waals surface area contributed by atoms with Gasteiger partial charge in [0.05, 0.1) is 13.2 Å². The first-order chi connectivity index (χ1) is 10.3. The van der Waals surface area contributed by atoms with Gasteiger partial charge in [-0.1, -0.05) is 0 Å². The molecule has 0 aromatic carbocycles. The number of nitrogens with zero attached hydrogens (tertiary/aromatic N) is 1. The number of amides is 1. The molecule has 0 fully saturated rings. The van der Waals surface area contributed by atoms with E-state index >= 15 is 0 Å². The number of imidazole rings is 1. The zero-order valence-electron chi connectivity index (χ0n) is 13.3. The van der Waals surface area contributed by atoms with E-state index in [0.717, 1.165) is 0 Å². The molecule has 1 unspecified atom stereocenters. The van der Waals surface area contributed by atoms with Crippen molar-refractivity contribution in [1.82, 2.24) is 15.3 Å². The fraction of sp³-hybridized carbons (Fsp3) is 0.643. The van der Waals surface area contributed by atoms with Gasteiger partial charge in [0.15, 0.2) is 0 Å². The van der Waals surface area contributed by atoms with Crippen LogP contribution in [0.15, 0.2) is 12.4 Å². The zero-order valence-corrected chi connectivity index (χ0v) is 13.3. The Kier molecular flexibility index (Phi) is 6.84. The number of aromatic nitrogens is 2. The second-order valence-corrected chi connectivity index (χ2v) is 5.49. The molecule has 1 aromatic rings. The standard InChI is InChI=1S/C14H23N3O5/c1-5-21-11(18)9-20-8-10(12-15-6-7-16-12)17-13(19)22-14(2,3)4/h6-7,10H,5,8-9H2,1-4H3,(H,15,16)(H,17,19). The van der Waals surface area contributed by atoms with Crippen molar-refractivity contribution in [2.24, 2.45) is 0 Å². The van der Waals surface area contributed by atoms with Crippen molar-refractivity contribution in [3.8, 4) is 0 Å². The summed E-state index contributed by atoms with van der Waals surface area (Å²) < 4.78 is 15.2. The molecule has 8 nitrogen and oxygen atoms in total. The van der Waals surface area contributed by atoms with Crippen LogP contribution in [0.2, 0.25) is 0 Å². The molecule has 0 radical (unpaired) electrons. The van der Waals surface area contributed by atoms with E-state index in [-0.39, 0.29) is 13.2 Å². The van der Waals surface area contributed by atoms with Gasteiger partial charge in [0.1, 0.15) is 24.1 Å². The van der Waals surface area contributed by atoms with E-state index in [1.54, 1.807) is 40.1 Å². The maximum absolute atomic E-state index is 11.8. The van der Waals surface area contributed by atoms with Crippen LogP contribution in [0.4, 0.5) is 4.79 Å². The van der Waals surface area contributed by atoms with Gasteiger partial charge in [-0.25, -0.2) is 14.6 Å². The van der Waals surface area contributed by atoms with Crippen LogP contribution in [0.3, 0.4) is 0 Å². The second kappa shape index (κ2) is 8.38. The Bertz CT molecular complexity index is 467. The monoisotopic (exact) mass is 313 g/mol. The Morgan fingerprint density at radius 2 is 2.14 bits per heavy atom. The van der Waals surface area contributed by atoms with E-state index in [0.29, 0.717) is 12.4 Å². The third-order valence-electron chi connectivity index (χ3n) is 2.35. The van der Waals surface area contributed by atoms with Crippen LogP contribution < -0.4 is 5.32 Å². The van der Waals surface area contributed by atoms with E-state index in [2.05, 4.69) is 15.3 Å². The third-order valence-corrected chi connectivity index (χ3v) is 2.35. The van der Waals surface area contributed by atoms with Gasteiger partial charge in [0.25, 0.3) is 0 Å². The van der Waals surface area contributed by atoms with E-state index in [1.165, 1.54) is 0 Å². The molecule has 1 atom stereocenters. The molecule has 0 spiro atoms. The number of alkyl carbamates (subject to hydrolysis) is 1. The number of esters is 1. The molecule has 1 aromatic heterocycles. The minimum absolute atomic E-state index is 0.0611. The van der Waals surface area contributed by atoms with E-state index in [4.69, 9.17) is 14.2 Å². The summed E-state index contributed by atoms with van der Waals surface area (Å²) in [6, 6.07) is -0.556. The molecule has 8 heteroatoms. The number of nitrogens with one attached hydrogen (secondary N) is 2. The number of hydrogen-bond acceptors (Lipinski definition) is 6. The average molecular weight is 313 g/mol. The average Bonchev–Trinajstić information content (AvgIpc) is 2.89. The van der Waals surface area contributed by atoms with Crippen LogP contribution in [0.1, 0.15) is 39.6 Å². The highest BCUT2D eigenvalue weighted by Gasteiger charge is 2.22. The fourth-order valence-electron chi connectivity index (χ4n) is 1.57. The van der Waals surface area contributed by atoms with Gasteiger partial charge in [0, 0.05) is 12.4 Å². The topological polar surface area (TPSA) is 103 Å². The highest BCUT2D eigenvalue weighted by Crippen LogP contribution is 2.11. The number of aromatic amines is 1. The van der Waals surface area contributed by atoms with Crippen LogP contribution >= 0.6 is 0 Å². The molecule has 22 heavy (non-hydrogen) atoms. The number of carbonyl (C=O) groups excluding carboxylic acids is 2. The Labute approximate surface area is 129 Å². The number of hydrogen-bond donors (Lipinski definition) is 2. The van der Waals surface area contributed by atoms with Crippen LogP contribution in [0, 0.1) is 0 Å². The fourth-order valence-corrected chi connectivity index (χ4v) is 1.57. The first-order valence-electron chi connectivity index (χ1n) is 7.04. The lowest BCUT2D eigenvalue weighted by molar-refractivity contribution is -0.148. The van der Waals surface area contributed by atoms with Crippen molar-refractivity contribution in [3.05, 3.63) is 18.2 Å². The highest BCUT2D eigenvalue weighted by molar-refractivity contribution is 5.70. The van der Waals surface area contributed by atoms with E-state index in [9.17, 15) is 9.59 Å². The Hall–Kier alpha value is -2.09. The van der Waals surface area contributed by atoms with Gasteiger partial charge < -0.3 is 24.5 Å². The number of H-pyrrole nitrogens is 1. The summed E-state index contributed by atoms with van der Waals surface area (Å²) in [6.07, 6.45) is 2.60. The molecular weight excluding hydrogens is 290 g/mol. The SMILES string of the molecule is CCOC(=O)COCC(NC(=O)OC(C)(C)C)c1ncc[nH]1. The van der Waals surface area contributed by atoms with Gasteiger partial charge in [-0.3, -0.25) is 0 Å². The van der Waals surface area contributed by atoms with Gasteiger partial charge >= 0.3 is 12.1 Å². The summed E-state index contributed by atoms with van der Waals surface area (Å²) in [7, 11) is 0. The largest absolute Gasteiger partial charge is 0.464 e. The minimum atomic E-state index is -0.608. The van der Waals surface area contributed by atoms with Crippen molar-refractivity contribution >= 4 is 12.1 Å². The molecule has 0 saturated carbocycles. The van der Waals surface area contributed by atoms with Crippen LogP contribution in [0.5, 0.6) is 0 Å². The molecule has 0 saturated heterocycles. The number of ether oxygens (including phenoxy) is 3. The Morgan fingerprint density at radius 3 is 2.68 bits per heavy atom. The summed E-state index contributed by atoms with van der Waals surface area (Å²) >= 11 is 0. The molecular formula is C14H23N3O5. The third kappa shape index (κ3) is 7.07. The summed E-state index contributed by atoms with van der Waals surface area (Å²) in [5.41, 5.74) is -0.608. The molecule has 1 rings (SSSR count).